The van der Waals surface area contributed by atoms with E-state index in [1.807, 2.05) is 18.2 Å². The van der Waals surface area contributed by atoms with Gasteiger partial charge < -0.3 is 9.47 Å². The fourth-order valence-electron chi connectivity index (χ4n) is 1.77. The van der Waals surface area contributed by atoms with Crippen molar-refractivity contribution in [2.24, 2.45) is 0 Å². The Morgan fingerprint density at radius 2 is 1.95 bits per heavy atom. The molecule has 0 spiro atoms. The van der Waals surface area contributed by atoms with E-state index in [4.69, 9.17) is 26.3 Å². The number of fused-ring (bicyclic) bond motifs is 1. The highest BCUT2D eigenvalue weighted by Gasteiger charge is 2.16. The smallest absolute Gasteiger partial charge is 0.162 e. The first-order valence-corrected chi connectivity index (χ1v) is 7.10. The molecule has 0 amide bonds. The number of pyridine rings is 1. The Balaban J connectivity index is 1.92. The number of hydrogen-bond donors (Lipinski definition) is 0. The van der Waals surface area contributed by atoms with E-state index in [-0.39, 0.29) is 0 Å². The minimum absolute atomic E-state index is 0.378. The molecule has 2 aromatic rings. The molecule has 0 fully saturated rings. The van der Waals surface area contributed by atoms with Gasteiger partial charge in [0, 0.05) is 11.0 Å². The minimum Gasteiger partial charge on any atom is -0.486 e. The van der Waals surface area contributed by atoms with E-state index in [9.17, 15) is 0 Å². The van der Waals surface area contributed by atoms with Crippen molar-refractivity contribution in [2.75, 3.05) is 13.2 Å². The number of ether oxygens (including phenoxy) is 2. The van der Waals surface area contributed by atoms with Crippen molar-refractivity contribution in [3.8, 4) is 17.6 Å². The summed E-state index contributed by atoms with van der Waals surface area (Å²) in [6.07, 6.45) is 0. The van der Waals surface area contributed by atoms with Crippen molar-refractivity contribution < 1.29 is 9.47 Å². The van der Waals surface area contributed by atoms with Gasteiger partial charge in [-0.05, 0) is 18.2 Å². The Bertz CT molecular complexity index is 700. The molecule has 1 aliphatic rings. The molecule has 1 aliphatic heterocycles. The summed E-state index contributed by atoms with van der Waals surface area (Å²) in [4.78, 5) is 5.03. The Kier molecular flexibility index (Phi) is 3.68. The van der Waals surface area contributed by atoms with Crippen LogP contribution in [0.1, 0.15) is 5.69 Å². The molecule has 0 aliphatic carbocycles. The van der Waals surface area contributed by atoms with E-state index < -0.39 is 0 Å². The fraction of sp³-hybridized carbons (Fsp3) is 0.143. The van der Waals surface area contributed by atoms with Crippen molar-refractivity contribution in [3.63, 3.8) is 0 Å². The van der Waals surface area contributed by atoms with E-state index in [0.29, 0.717) is 40.5 Å². The highest BCUT2D eigenvalue weighted by Crippen LogP contribution is 2.41. The zero-order chi connectivity index (χ0) is 13.9. The molecular formula is C14H9ClN2O2S. The molecule has 6 heteroatoms. The summed E-state index contributed by atoms with van der Waals surface area (Å²) in [6.45, 7) is 1.06. The summed E-state index contributed by atoms with van der Waals surface area (Å²) in [5, 5.41) is 10.1. The fourth-order valence-corrected chi connectivity index (χ4v) is 2.88. The molecule has 0 radical (unpaired) electrons. The van der Waals surface area contributed by atoms with Crippen molar-refractivity contribution in [3.05, 3.63) is 41.0 Å². The third kappa shape index (κ3) is 2.67. The van der Waals surface area contributed by atoms with E-state index >= 15 is 0 Å². The molecule has 2 heterocycles. The van der Waals surface area contributed by atoms with Crippen LogP contribution in [0.4, 0.5) is 0 Å². The first kappa shape index (κ1) is 13.1. The van der Waals surface area contributed by atoms with Crippen LogP contribution in [0.3, 0.4) is 0 Å². The maximum Gasteiger partial charge on any atom is 0.162 e. The standard InChI is InChI=1S/C14H9ClN2O2S/c15-10-6-11-12(19-5-4-18-11)7-13(10)20-14-3-1-2-9(8-16)17-14/h1-3,6-7H,4-5H2. The van der Waals surface area contributed by atoms with Crippen LogP contribution in [-0.2, 0) is 0 Å². The van der Waals surface area contributed by atoms with Gasteiger partial charge in [-0.2, -0.15) is 5.26 Å². The van der Waals surface area contributed by atoms with E-state index in [1.54, 1.807) is 18.2 Å². The normalized spacial score (nSPS) is 12.8. The molecular weight excluding hydrogens is 296 g/mol. The molecule has 20 heavy (non-hydrogen) atoms. The number of nitrogens with zero attached hydrogens (tertiary/aromatic N) is 2. The average Bonchev–Trinajstić information content (AvgIpc) is 2.48. The predicted octanol–water partition coefficient (Wildman–Crippen LogP) is 3.53. The van der Waals surface area contributed by atoms with E-state index in [2.05, 4.69) is 4.98 Å². The van der Waals surface area contributed by atoms with Crippen molar-refractivity contribution in [1.82, 2.24) is 4.98 Å². The number of halogens is 1. The second kappa shape index (κ2) is 5.61. The van der Waals surface area contributed by atoms with Crippen molar-refractivity contribution in [1.29, 1.82) is 5.26 Å². The molecule has 0 N–H and O–H groups in total. The second-order valence-corrected chi connectivity index (χ2v) is 5.47. The molecule has 0 atom stereocenters. The monoisotopic (exact) mass is 304 g/mol. The zero-order valence-electron chi connectivity index (χ0n) is 10.3. The van der Waals surface area contributed by atoms with Crippen LogP contribution in [0.15, 0.2) is 40.3 Å². The molecule has 0 saturated carbocycles. The molecule has 1 aromatic carbocycles. The summed E-state index contributed by atoms with van der Waals surface area (Å²) in [5.74, 6) is 1.34. The highest BCUT2D eigenvalue weighted by atomic mass is 35.5. The third-order valence-corrected chi connectivity index (χ3v) is 4.07. The lowest BCUT2D eigenvalue weighted by Crippen LogP contribution is -2.15. The predicted molar refractivity (Wildman–Crippen MR) is 75.5 cm³/mol. The molecule has 1 aromatic heterocycles. The Morgan fingerprint density at radius 1 is 1.20 bits per heavy atom. The SMILES string of the molecule is N#Cc1cccc(Sc2cc3c(cc2Cl)OCCO3)n1. The van der Waals surface area contributed by atoms with Gasteiger partial charge in [-0.3, -0.25) is 0 Å². The van der Waals surface area contributed by atoms with Crippen LogP contribution in [-0.4, -0.2) is 18.2 Å². The Hall–Kier alpha value is -1.90. The highest BCUT2D eigenvalue weighted by molar-refractivity contribution is 7.99. The third-order valence-electron chi connectivity index (χ3n) is 2.65. The summed E-state index contributed by atoms with van der Waals surface area (Å²) >= 11 is 7.62. The second-order valence-electron chi connectivity index (χ2n) is 4.00. The van der Waals surface area contributed by atoms with Gasteiger partial charge in [0.25, 0.3) is 0 Å². The summed E-state index contributed by atoms with van der Waals surface area (Å²) in [6, 6.07) is 10.9. The Morgan fingerprint density at radius 3 is 2.70 bits per heavy atom. The maximum atomic E-state index is 8.86. The topological polar surface area (TPSA) is 55.1 Å². The molecule has 0 unspecified atom stereocenters. The van der Waals surface area contributed by atoms with Gasteiger partial charge in [0.05, 0.1) is 5.02 Å². The van der Waals surface area contributed by atoms with Gasteiger partial charge in [0.15, 0.2) is 11.5 Å². The molecule has 3 rings (SSSR count). The van der Waals surface area contributed by atoms with Crippen LogP contribution in [0, 0.1) is 11.3 Å². The summed E-state index contributed by atoms with van der Waals surface area (Å²) in [7, 11) is 0. The van der Waals surface area contributed by atoms with Gasteiger partial charge in [0.2, 0.25) is 0 Å². The van der Waals surface area contributed by atoms with Crippen LogP contribution in [0.5, 0.6) is 11.5 Å². The molecule has 0 saturated heterocycles. The number of aromatic nitrogens is 1. The summed E-state index contributed by atoms with van der Waals surface area (Å²) in [5.41, 5.74) is 0.378. The average molecular weight is 305 g/mol. The van der Waals surface area contributed by atoms with Gasteiger partial charge >= 0.3 is 0 Å². The van der Waals surface area contributed by atoms with E-state index in [1.165, 1.54) is 11.8 Å². The van der Waals surface area contributed by atoms with E-state index in [0.717, 1.165) is 4.90 Å². The minimum atomic E-state index is 0.378. The maximum absolute atomic E-state index is 8.86. The number of hydrogen-bond acceptors (Lipinski definition) is 5. The quantitative estimate of drug-likeness (QED) is 0.849. The summed E-state index contributed by atoms with van der Waals surface area (Å²) < 4.78 is 11.0. The lowest BCUT2D eigenvalue weighted by atomic mass is 10.3. The Labute approximate surface area is 125 Å². The van der Waals surface area contributed by atoms with Gasteiger partial charge in [0.1, 0.15) is 30.0 Å². The van der Waals surface area contributed by atoms with Crippen molar-refractivity contribution >= 4 is 23.4 Å². The molecule has 0 bridgehead atoms. The van der Waals surface area contributed by atoms with Crippen LogP contribution >= 0.6 is 23.4 Å². The van der Waals surface area contributed by atoms with Crippen LogP contribution in [0.25, 0.3) is 0 Å². The lowest BCUT2D eigenvalue weighted by molar-refractivity contribution is 0.171. The van der Waals surface area contributed by atoms with Crippen molar-refractivity contribution in [2.45, 2.75) is 9.92 Å². The molecule has 4 nitrogen and oxygen atoms in total. The van der Waals surface area contributed by atoms with Crippen LogP contribution < -0.4 is 9.47 Å². The number of rotatable bonds is 2. The van der Waals surface area contributed by atoms with Gasteiger partial charge in [-0.1, -0.05) is 29.4 Å². The largest absolute Gasteiger partial charge is 0.486 e. The van der Waals surface area contributed by atoms with Gasteiger partial charge in [-0.25, -0.2) is 4.98 Å². The first-order valence-electron chi connectivity index (χ1n) is 5.90. The number of nitriles is 1. The number of benzene rings is 1. The lowest BCUT2D eigenvalue weighted by Gasteiger charge is -2.19. The van der Waals surface area contributed by atoms with Gasteiger partial charge in [-0.15, -0.1) is 0 Å². The zero-order valence-corrected chi connectivity index (χ0v) is 11.9. The van der Waals surface area contributed by atoms with Crippen LogP contribution in [0.2, 0.25) is 5.02 Å². The molecule has 100 valence electrons. The first-order chi connectivity index (χ1) is 9.76.